The lowest BCUT2D eigenvalue weighted by Gasteiger charge is -2.21. The number of hydrogen-bond acceptors (Lipinski definition) is 3. The van der Waals surface area contributed by atoms with Crippen LogP contribution in [0.2, 0.25) is 0 Å². The summed E-state index contributed by atoms with van der Waals surface area (Å²) in [6, 6.07) is 11.8. The third kappa shape index (κ3) is 3.32. The summed E-state index contributed by atoms with van der Waals surface area (Å²) in [5.74, 6) is 0.332. The van der Waals surface area contributed by atoms with Gasteiger partial charge in [0.15, 0.2) is 0 Å². The third-order valence-corrected chi connectivity index (χ3v) is 3.28. The number of hydrogen-bond donors (Lipinski definition) is 2. The Hall–Kier alpha value is -1.87. The molecule has 3 heteroatoms. The van der Waals surface area contributed by atoms with E-state index in [0.29, 0.717) is 5.75 Å². The Bertz CT molecular complexity index is 540. The van der Waals surface area contributed by atoms with Crippen LogP contribution in [0.5, 0.6) is 5.75 Å². The van der Waals surface area contributed by atoms with Gasteiger partial charge in [0.25, 0.3) is 0 Å². The van der Waals surface area contributed by atoms with Gasteiger partial charge >= 0.3 is 0 Å². The summed E-state index contributed by atoms with van der Waals surface area (Å²) in [5.41, 5.74) is 3.07. The molecule has 2 N–H and O–H groups in total. The summed E-state index contributed by atoms with van der Waals surface area (Å²) < 4.78 is 0. The molecule has 2 atom stereocenters. The minimum absolute atomic E-state index is 0.0666. The van der Waals surface area contributed by atoms with Crippen molar-refractivity contribution in [2.45, 2.75) is 32.9 Å². The predicted molar refractivity (Wildman–Crippen MR) is 77.0 cm³/mol. The van der Waals surface area contributed by atoms with Crippen molar-refractivity contribution in [3.8, 4) is 5.75 Å². The average molecular weight is 256 g/mol. The van der Waals surface area contributed by atoms with E-state index in [1.54, 1.807) is 12.3 Å². The van der Waals surface area contributed by atoms with Crippen molar-refractivity contribution in [3.63, 3.8) is 0 Å². The zero-order valence-corrected chi connectivity index (χ0v) is 11.6. The molecule has 2 unspecified atom stereocenters. The maximum Gasteiger partial charge on any atom is 0.120 e. The van der Waals surface area contributed by atoms with Crippen LogP contribution < -0.4 is 5.32 Å². The lowest BCUT2D eigenvalue weighted by Crippen LogP contribution is -2.23. The number of phenolic OH excluding ortho intramolecular Hbond substituents is 1. The molecule has 0 aliphatic heterocycles. The van der Waals surface area contributed by atoms with Crippen LogP contribution in [0.25, 0.3) is 0 Å². The number of rotatable bonds is 4. The molecular formula is C16H20N2O. The van der Waals surface area contributed by atoms with Crippen molar-refractivity contribution in [2.24, 2.45) is 0 Å². The van der Waals surface area contributed by atoms with Gasteiger partial charge in [-0.1, -0.05) is 23.8 Å². The van der Waals surface area contributed by atoms with Crippen LogP contribution in [0, 0.1) is 6.92 Å². The highest BCUT2D eigenvalue weighted by atomic mass is 16.3. The Morgan fingerprint density at radius 3 is 2.58 bits per heavy atom. The molecule has 3 nitrogen and oxygen atoms in total. The lowest BCUT2D eigenvalue weighted by molar-refractivity contribution is 0.436. The van der Waals surface area contributed by atoms with E-state index in [0.717, 1.165) is 16.8 Å². The standard InChI is InChI=1S/C16H20N2O/c1-11-7-8-16(19)14(10-11)12(2)18-13(3)15-6-4-5-9-17-15/h4-10,12-13,18-19H,1-3H3. The van der Waals surface area contributed by atoms with E-state index in [1.807, 2.05) is 44.2 Å². The molecule has 0 spiro atoms. The number of phenols is 1. The number of nitrogens with zero attached hydrogens (tertiary/aromatic N) is 1. The normalized spacial score (nSPS) is 14.1. The number of aryl methyl sites for hydroxylation is 1. The maximum absolute atomic E-state index is 9.93. The molecule has 1 aromatic carbocycles. The van der Waals surface area contributed by atoms with Crippen LogP contribution in [-0.2, 0) is 0 Å². The molecule has 0 amide bonds. The number of benzene rings is 1. The van der Waals surface area contributed by atoms with Crippen molar-refractivity contribution in [1.29, 1.82) is 0 Å². The summed E-state index contributed by atoms with van der Waals surface area (Å²) in [5, 5.41) is 13.4. The number of pyridine rings is 1. The number of aromatic hydroxyl groups is 1. The van der Waals surface area contributed by atoms with Gasteiger partial charge in [-0.2, -0.15) is 0 Å². The van der Waals surface area contributed by atoms with Crippen molar-refractivity contribution < 1.29 is 5.11 Å². The topological polar surface area (TPSA) is 45.1 Å². The summed E-state index contributed by atoms with van der Waals surface area (Å²) in [7, 11) is 0. The molecule has 0 aliphatic carbocycles. The van der Waals surface area contributed by atoms with E-state index in [-0.39, 0.29) is 12.1 Å². The Kier molecular flexibility index (Phi) is 4.17. The van der Waals surface area contributed by atoms with Gasteiger partial charge in [-0.05, 0) is 39.0 Å². The second-order valence-corrected chi connectivity index (χ2v) is 4.93. The first-order valence-corrected chi connectivity index (χ1v) is 6.54. The average Bonchev–Trinajstić information content (AvgIpc) is 2.42. The van der Waals surface area contributed by atoms with E-state index in [4.69, 9.17) is 0 Å². The minimum atomic E-state index is 0.0666. The molecule has 0 radical (unpaired) electrons. The van der Waals surface area contributed by atoms with Crippen LogP contribution in [-0.4, -0.2) is 10.1 Å². The van der Waals surface area contributed by atoms with E-state index in [1.165, 1.54) is 0 Å². The maximum atomic E-state index is 9.93. The van der Waals surface area contributed by atoms with E-state index in [9.17, 15) is 5.11 Å². The summed E-state index contributed by atoms with van der Waals surface area (Å²) in [4.78, 5) is 4.34. The highest BCUT2D eigenvalue weighted by Gasteiger charge is 2.14. The summed E-state index contributed by atoms with van der Waals surface area (Å²) in [6.45, 7) is 6.15. The molecule has 1 aromatic heterocycles. The molecule has 100 valence electrons. The lowest BCUT2D eigenvalue weighted by atomic mass is 10.0. The highest BCUT2D eigenvalue weighted by Crippen LogP contribution is 2.26. The van der Waals surface area contributed by atoms with E-state index < -0.39 is 0 Å². The molecular weight excluding hydrogens is 236 g/mol. The first-order chi connectivity index (χ1) is 9.08. The fourth-order valence-corrected chi connectivity index (χ4v) is 2.20. The van der Waals surface area contributed by atoms with Crippen LogP contribution in [0.1, 0.15) is 42.8 Å². The Morgan fingerprint density at radius 2 is 1.89 bits per heavy atom. The summed E-state index contributed by atoms with van der Waals surface area (Å²) in [6.07, 6.45) is 1.79. The largest absolute Gasteiger partial charge is 0.508 e. The van der Waals surface area contributed by atoms with Gasteiger partial charge in [0.1, 0.15) is 5.75 Å². The predicted octanol–water partition coefficient (Wildman–Crippen LogP) is 3.51. The molecule has 2 rings (SSSR count). The number of aromatic nitrogens is 1. The quantitative estimate of drug-likeness (QED) is 0.880. The van der Waals surface area contributed by atoms with Crippen molar-refractivity contribution in [1.82, 2.24) is 10.3 Å². The zero-order chi connectivity index (χ0) is 13.8. The zero-order valence-electron chi connectivity index (χ0n) is 11.6. The first kappa shape index (κ1) is 13.6. The second kappa shape index (κ2) is 5.85. The molecule has 2 aromatic rings. The van der Waals surface area contributed by atoms with Gasteiger partial charge in [-0.3, -0.25) is 4.98 Å². The van der Waals surface area contributed by atoms with Crippen LogP contribution in [0.3, 0.4) is 0 Å². The van der Waals surface area contributed by atoms with Gasteiger partial charge in [-0.15, -0.1) is 0 Å². The fraction of sp³-hybridized carbons (Fsp3) is 0.312. The van der Waals surface area contributed by atoms with Crippen molar-refractivity contribution >= 4 is 0 Å². The van der Waals surface area contributed by atoms with Gasteiger partial charge in [-0.25, -0.2) is 0 Å². The van der Waals surface area contributed by atoms with Gasteiger partial charge in [0.05, 0.1) is 5.69 Å². The van der Waals surface area contributed by atoms with Crippen molar-refractivity contribution in [2.75, 3.05) is 0 Å². The van der Waals surface area contributed by atoms with Crippen LogP contribution in [0.4, 0.5) is 0 Å². The molecule has 0 saturated carbocycles. The fourth-order valence-electron chi connectivity index (χ4n) is 2.20. The molecule has 0 bridgehead atoms. The van der Waals surface area contributed by atoms with E-state index >= 15 is 0 Å². The van der Waals surface area contributed by atoms with Gasteiger partial charge in [0, 0.05) is 23.8 Å². The van der Waals surface area contributed by atoms with Crippen molar-refractivity contribution in [3.05, 3.63) is 59.4 Å². The Labute approximate surface area is 114 Å². The summed E-state index contributed by atoms with van der Waals surface area (Å²) >= 11 is 0. The smallest absolute Gasteiger partial charge is 0.120 e. The monoisotopic (exact) mass is 256 g/mol. The second-order valence-electron chi connectivity index (χ2n) is 4.93. The molecule has 1 heterocycles. The molecule has 0 saturated heterocycles. The molecule has 19 heavy (non-hydrogen) atoms. The third-order valence-electron chi connectivity index (χ3n) is 3.28. The van der Waals surface area contributed by atoms with E-state index in [2.05, 4.69) is 17.2 Å². The van der Waals surface area contributed by atoms with Gasteiger partial charge in [0.2, 0.25) is 0 Å². The number of nitrogens with one attached hydrogen (secondary N) is 1. The SMILES string of the molecule is Cc1ccc(O)c(C(C)NC(C)c2ccccn2)c1. The Balaban J connectivity index is 2.13. The molecule has 0 fully saturated rings. The highest BCUT2D eigenvalue weighted by molar-refractivity contribution is 5.37. The van der Waals surface area contributed by atoms with Crippen LogP contribution >= 0.6 is 0 Å². The minimum Gasteiger partial charge on any atom is -0.508 e. The van der Waals surface area contributed by atoms with Gasteiger partial charge < -0.3 is 10.4 Å². The Morgan fingerprint density at radius 1 is 1.11 bits per heavy atom. The molecule has 0 aliphatic rings. The first-order valence-electron chi connectivity index (χ1n) is 6.54. The van der Waals surface area contributed by atoms with Crippen LogP contribution in [0.15, 0.2) is 42.6 Å².